The summed E-state index contributed by atoms with van der Waals surface area (Å²) in [6.45, 7) is 3.62. The Bertz CT molecular complexity index is 619. The number of nitrogens with two attached hydrogens (primary N) is 1. The third-order valence-corrected chi connectivity index (χ3v) is 3.13. The molecular weight excluding hydrogens is 381 g/mol. The van der Waals surface area contributed by atoms with Crippen molar-refractivity contribution in [1.82, 2.24) is 15.5 Å². The van der Waals surface area contributed by atoms with Crippen LogP contribution in [-0.2, 0) is 0 Å². The summed E-state index contributed by atoms with van der Waals surface area (Å²) < 4.78 is 11.0. The van der Waals surface area contributed by atoms with E-state index < -0.39 is 6.10 Å². The van der Waals surface area contributed by atoms with Crippen molar-refractivity contribution in [2.75, 3.05) is 31.7 Å². The van der Waals surface area contributed by atoms with E-state index in [1.54, 1.807) is 12.1 Å². The molecule has 10 heteroatoms. The number of aryl methyl sites for hydroxylation is 1. The van der Waals surface area contributed by atoms with Crippen molar-refractivity contribution in [2.24, 2.45) is 5.84 Å². The first kappa shape index (κ1) is 24.2. The molecule has 2 aromatic rings. The SMILES string of the molecule is Cc1cccc(OCC(O)CNCCOc2ccc(NN)nn2)c1.Cl.Cl. The van der Waals surface area contributed by atoms with E-state index in [9.17, 15) is 5.11 Å². The molecule has 1 heterocycles. The Morgan fingerprint density at radius 3 is 2.62 bits per heavy atom. The van der Waals surface area contributed by atoms with Gasteiger partial charge in [0.1, 0.15) is 25.1 Å². The zero-order valence-corrected chi connectivity index (χ0v) is 16.1. The van der Waals surface area contributed by atoms with E-state index in [0.717, 1.165) is 11.3 Å². The Hall–Kier alpha value is -1.84. The highest BCUT2D eigenvalue weighted by Crippen LogP contribution is 2.12. The van der Waals surface area contributed by atoms with Crippen molar-refractivity contribution >= 4 is 30.6 Å². The van der Waals surface area contributed by atoms with Crippen LogP contribution in [0.5, 0.6) is 11.6 Å². The molecule has 0 amide bonds. The van der Waals surface area contributed by atoms with Crippen LogP contribution >= 0.6 is 24.8 Å². The molecule has 0 bridgehead atoms. The standard InChI is InChI=1S/C16H23N5O3.2ClH/c1-12-3-2-4-14(9-12)24-11-13(22)10-18-7-8-23-16-6-5-15(19-17)20-21-16;;/h2-6,9,13,18,22H,7-8,10-11,17H2,1H3,(H,19,20);2*1H. The monoisotopic (exact) mass is 405 g/mol. The van der Waals surface area contributed by atoms with E-state index in [4.69, 9.17) is 15.3 Å². The summed E-state index contributed by atoms with van der Waals surface area (Å²) in [5.74, 6) is 6.84. The Labute approximate surface area is 165 Å². The van der Waals surface area contributed by atoms with Crippen molar-refractivity contribution in [2.45, 2.75) is 13.0 Å². The van der Waals surface area contributed by atoms with Gasteiger partial charge in [0.25, 0.3) is 0 Å². The highest BCUT2D eigenvalue weighted by atomic mass is 35.5. The molecule has 8 nitrogen and oxygen atoms in total. The van der Waals surface area contributed by atoms with Crippen LogP contribution in [0.1, 0.15) is 5.56 Å². The minimum absolute atomic E-state index is 0. The van der Waals surface area contributed by atoms with Crippen molar-refractivity contribution in [3.8, 4) is 11.6 Å². The molecule has 1 aromatic carbocycles. The van der Waals surface area contributed by atoms with E-state index in [-0.39, 0.29) is 31.4 Å². The first-order valence-corrected chi connectivity index (χ1v) is 7.69. The summed E-state index contributed by atoms with van der Waals surface area (Å²) >= 11 is 0. The van der Waals surface area contributed by atoms with Gasteiger partial charge in [0, 0.05) is 19.2 Å². The third kappa shape index (κ3) is 9.02. The molecule has 0 saturated carbocycles. The number of nitrogen functional groups attached to an aromatic ring is 1. The third-order valence-electron chi connectivity index (χ3n) is 3.13. The zero-order chi connectivity index (χ0) is 17.2. The molecule has 1 atom stereocenters. The lowest BCUT2D eigenvalue weighted by atomic mass is 10.2. The fraction of sp³-hybridized carbons (Fsp3) is 0.375. The maximum absolute atomic E-state index is 9.88. The number of aliphatic hydroxyl groups excluding tert-OH is 1. The predicted molar refractivity (Wildman–Crippen MR) is 105 cm³/mol. The number of hydrogen-bond donors (Lipinski definition) is 4. The van der Waals surface area contributed by atoms with Crippen LogP contribution in [0.15, 0.2) is 36.4 Å². The van der Waals surface area contributed by atoms with Crippen LogP contribution in [0.2, 0.25) is 0 Å². The van der Waals surface area contributed by atoms with Crippen LogP contribution in [0, 0.1) is 6.92 Å². The number of benzene rings is 1. The van der Waals surface area contributed by atoms with Gasteiger partial charge in [-0.25, -0.2) is 5.84 Å². The van der Waals surface area contributed by atoms with Gasteiger partial charge in [-0.15, -0.1) is 35.0 Å². The van der Waals surface area contributed by atoms with Crippen molar-refractivity contribution < 1.29 is 14.6 Å². The number of halogens is 2. The van der Waals surface area contributed by atoms with Gasteiger partial charge in [-0.2, -0.15) is 0 Å². The summed E-state index contributed by atoms with van der Waals surface area (Å²) in [6.07, 6.45) is -0.597. The quantitative estimate of drug-likeness (QED) is 0.265. The molecule has 0 aliphatic rings. The number of anilines is 1. The molecule has 26 heavy (non-hydrogen) atoms. The van der Waals surface area contributed by atoms with Crippen LogP contribution in [0.25, 0.3) is 0 Å². The van der Waals surface area contributed by atoms with Crippen LogP contribution in [-0.4, -0.2) is 47.7 Å². The highest BCUT2D eigenvalue weighted by Gasteiger charge is 2.05. The van der Waals surface area contributed by atoms with Crippen molar-refractivity contribution in [1.29, 1.82) is 0 Å². The average Bonchev–Trinajstić information content (AvgIpc) is 2.60. The number of aromatic nitrogens is 2. The maximum atomic E-state index is 9.88. The van der Waals surface area contributed by atoms with Gasteiger partial charge in [0.2, 0.25) is 5.88 Å². The van der Waals surface area contributed by atoms with Gasteiger partial charge < -0.3 is 25.3 Å². The molecule has 0 aliphatic heterocycles. The second-order valence-electron chi connectivity index (χ2n) is 5.24. The number of nitrogens with one attached hydrogen (secondary N) is 2. The van der Waals surface area contributed by atoms with Crippen LogP contribution in [0.3, 0.4) is 0 Å². The lowest BCUT2D eigenvalue weighted by Gasteiger charge is -2.13. The molecule has 2 rings (SSSR count). The number of hydrazine groups is 1. The van der Waals surface area contributed by atoms with E-state index in [0.29, 0.717) is 31.4 Å². The van der Waals surface area contributed by atoms with Crippen LogP contribution < -0.4 is 26.1 Å². The molecule has 1 aromatic heterocycles. The molecule has 0 fully saturated rings. The van der Waals surface area contributed by atoms with Gasteiger partial charge in [0.15, 0.2) is 5.82 Å². The van der Waals surface area contributed by atoms with Crippen molar-refractivity contribution in [3.05, 3.63) is 42.0 Å². The van der Waals surface area contributed by atoms with Gasteiger partial charge in [0.05, 0.1) is 0 Å². The highest BCUT2D eigenvalue weighted by molar-refractivity contribution is 5.85. The fourth-order valence-electron chi connectivity index (χ4n) is 1.93. The normalized spacial score (nSPS) is 10.9. The fourth-order valence-corrected chi connectivity index (χ4v) is 1.93. The molecular formula is C16H25Cl2N5O3. The second-order valence-corrected chi connectivity index (χ2v) is 5.24. The Kier molecular flexibility index (Phi) is 12.4. The first-order chi connectivity index (χ1) is 11.7. The minimum Gasteiger partial charge on any atom is -0.491 e. The van der Waals surface area contributed by atoms with Gasteiger partial charge in [-0.3, -0.25) is 0 Å². The number of rotatable bonds is 10. The lowest BCUT2D eigenvalue weighted by Crippen LogP contribution is -2.33. The smallest absolute Gasteiger partial charge is 0.233 e. The molecule has 0 radical (unpaired) electrons. The summed E-state index contributed by atoms with van der Waals surface area (Å²) in [4.78, 5) is 0. The minimum atomic E-state index is -0.597. The number of nitrogens with zero attached hydrogens (tertiary/aromatic N) is 2. The van der Waals surface area contributed by atoms with Crippen molar-refractivity contribution in [3.63, 3.8) is 0 Å². The van der Waals surface area contributed by atoms with Gasteiger partial charge in [-0.05, 0) is 30.7 Å². The summed E-state index contributed by atoms with van der Waals surface area (Å²) in [6, 6.07) is 11.1. The second kappa shape index (κ2) is 13.4. The van der Waals surface area contributed by atoms with E-state index in [1.165, 1.54) is 0 Å². The Balaban J connectivity index is 0.00000312. The molecule has 0 saturated heterocycles. The van der Waals surface area contributed by atoms with Gasteiger partial charge >= 0.3 is 0 Å². The number of aliphatic hydroxyl groups is 1. The zero-order valence-electron chi connectivity index (χ0n) is 14.4. The molecule has 0 spiro atoms. The summed E-state index contributed by atoms with van der Waals surface area (Å²) in [5, 5.41) is 20.6. The lowest BCUT2D eigenvalue weighted by molar-refractivity contribution is 0.105. The predicted octanol–water partition coefficient (Wildman–Crippen LogP) is 1.32. The average molecular weight is 406 g/mol. The molecule has 146 valence electrons. The van der Waals surface area contributed by atoms with Gasteiger partial charge in [-0.1, -0.05) is 12.1 Å². The topological polar surface area (TPSA) is 115 Å². The first-order valence-electron chi connectivity index (χ1n) is 7.69. The van der Waals surface area contributed by atoms with E-state index in [2.05, 4.69) is 20.9 Å². The molecule has 1 unspecified atom stereocenters. The van der Waals surface area contributed by atoms with E-state index >= 15 is 0 Å². The largest absolute Gasteiger partial charge is 0.491 e. The van der Waals surface area contributed by atoms with Crippen LogP contribution in [0.4, 0.5) is 5.82 Å². The summed E-state index contributed by atoms with van der Waals surface area (Å²) in [5.41, 5.74) is 3.51. The van der Waals surface area contributed by atoms with E-state index in [1.807, 2.05) is 31.2 Å². The molecule has 0 aliphatic carbocycles. The Morgan fingerprint density at radius 2 is 1.96 bits per heavy atom. The Morgan fingerprint density at radius 1 is 1.15 bits per heavy atom. The summed E-state index contributed by atoms with van der Waals surface area (Å²) in [7, 11) is 0. The number of hydrogen-bond acceptors (Lipinski definition) is 8. The number of ether oxygens (including phenoxy) is 2. The molecule has 5 N–H and O–H groups in total. The maximum Gasteiger partial charge on any atom is 0.233 e.